The number of alkyl halides is 2. The van der Waals surface area contributed by atoms with Gasteiger partial charge in [0, 0.05) is 24.7 Å². The van der Waals surface area contributed by atoms with E-state index in [2.05, 4.69) is 4.98 Å². The predicted molar refractivity (Wildman–Crippen MR) is 55.4 cm³/mol. The zero-order chi connectivity index (χ0) is 10.9. The molecule has 1 aromatic rings. The van der Waals surface area contributed by atoms with Gasteiger partial charge < -0.3 is 5.73 Å². The Hall–Kier alpha value is -1.45. The van der Waals surface area contributed by atoms with Crippen molar-refractivity contribution in [3.63, 3.8) is 0 Å². The molecule has 0 saturated carbocycles. The van der Waals surface area contributed by atoms with Gasteiger partial charge in [0.05, 0.1) is 5.69 Å². The van der Waals surface area contributed by atoms with Crippen LogP contribution in [0.5, 0.6) is 0 Å². The molecule has 1 aromatic heterocycles. The van der Waals surface area contributed by atoms with Crippen molar-refractivity contribution in [2.75, 3.05) is 5.73 Å². The Kier molecular flexibility index (Phi) is 2.42. The van der Waals surface area contributed by atoms with Crippen LogP contribution < -0.4 is 5.73 Å². The van der Waals surface area contributed by atoms with Gasteiger partial charge in [-0.15, -0.1) is 0 Å². The van der Waals surface area contributed by atoms with Gasteiger partial charge in [-0.1, -0.05) is 6.08 Å². The molecule has 15 heavy (non-hydrogen) atoms. The summed E-state index contributed by atoms with van der Waals surface area (Å²) in [5, 5.41) is 0. The molecule has 4 heteroatoms. The van der Waals surface area contributed by atoms with Crippen molar-refractivity contribution in [3.8, 4) is 0 Å². The van der Waals surface area contributed by atoms with Crippen LogP contribution in [-0.2, 0) is 0 Å². The molecule has 0 radical (unpaired) electrons. The summed E-state index contributed by atoms with van der Waals surface area (Å²) in [7, 11) is 0. The fourth-order valence-electron chi connectivity index (χ4n) is 1.65. The first-order valence-electron chi connectivity index (χ1n) is 4.86. The minimum absolute atomic E-state index is 0.102. The maximum absolute atomic E-state index is 12.9. The van der Waals surface area contributed by atoms with Gasteiger partial charge >= 0.3 is 0 Å². The number of allylic oxidation sites excluding steroid dienone is 2. The third-order valence-corrected chi connectivity index (χ3v) is 2.52. The van der Waals surface area contributed by atoms with Crippen LogP contribution >= 0.6 is 0 Å². The van der Waals surface area contributed by atoms with Crippen LogP contribution in [0.1, 0.15) is 25.0 Å². The molecule has 2 rings (SSSR count). The topological polar surface area (TPSA) is 38.9 Å². The summed E-state index contributed by atoms with van der Waals surface area (Å²) in [6, 6.07) is 3.40. The van der Waals surface area contributed by atoms with E-state index in [-0.39, 0.29) is 12.8 Å². The summed E-state index contributed by atoms with van der Waals surface area (Å²) in [5.74, 6) is -2.55. The lowest BCUT2D eigenvalue weighted by Gasteiger charge is -2.21. The van der Waals surface area contributed by atoms with Crippen molar-refractivity contribution in [2.45, 2.75) is 25.2 Å². The van der Waals surface area contributed by atoms with E-state index in [1.54, 1.807) is 24.4 Å². The average Bonchev–Trinajstić information content (AvgIpc) is 2.17. The molecule has 0 amide bonds. The van der Waals surface area contributed by atoms with Crippen molar-refractivity contribution >= 4 is 11.3 Å². The molecular formula is C11H12F2N2. The molecule has 0 spiro atoms. The fourth-order valence-corrected chi connectivity index (χ4v) is 1.65. The highest BCUT2D eigenvalue weighted by molar-refractivity contribution is 5.65. The first kappa shape index (κ1) is 10.1. The highest BCUT2D eigenvalue weighted by Crippen LogP contribution is 2.35. The van der Waals surface area contributed by atoms with E-state index in [0.29, 0.717) is 17.8 Å². The Balaban J connectivity index is 2.23. The molecular weight excluding hydrogens is 198 g/mol. The van der Waals surface area contributed by atoms with Crippen LogP contribution in [0.4, 0.5) is 14.5 Å². The molecule has 1 aliphatic carbocycles. The minimum Gasteiger partial charge on any atom is -0.399 e. The predicted octanol–water partition coefficient (Wildman–Crippen LogP) is 2.87. The van der Waals surface area contributed by atoms with E-state index >= 15 is 0 Å². The standard InChI is InChI=1S/C11H12F2N2/c12-11(13)4-1-8(2-5-11)10-7-9(14)3-6-15-10/h1,3,6-7H,2,4-5H2,(H2,14,15). The first-order valence-corrected chi connectivity index (χ1v) is 4.86. The molecule has 80 valence electrons. The second-order valence-corrected chi connectivity index (χ2v) is 3.76. The highest BCUT2D eigenvalue weighted by Gasteiger charge is 2.31. The zero-order valence-electron chi connectivity index (χ0n) is 8.21. The molecule has 1 heterocycles. The number of nitrogens with zero attached hydrogens (tertiary/aromatic N) is 1. The van der Waals surface area contributed by atoms with E-state index < -0.39 is 5.92 Å². The average molecular weight is 210 g/mol. The van der Waals surface area contributed by atoms with Crippen LogP contribution in [0.25, 0.3) is 5.57 Å². The number of hydrogen-bond acceptors (Lipinski definition) is 2. The number of hydrogen-bond donors (Lipinski definition) is 1. The third kappa shape index (κ3) is 2.32. The highest BCUT2D eigenvalue weighted by atomic mass is 19.3. The van der Waals surface area contributed by atoms with Crippen LogP contribution in [0.15, 0.2) is 24.4 Å². The Morgan fingerprint density at radius 3 is 2.80 bits per heavy atom. The number of rotatable bonds is 1. The summed E-state index contributed by atoms with van der Waals surface area (Å²) in [6.45, 7) is 0. The maximum Gasteiger partial charge on any atom is 0.251 e. The molecule has 0 aliphatic heterocycles. The van der Waals surface area contributed by atoms with E-state index in [1.165, 1.54) is 0 Å². The summed E-state index contributed by atoms with van der Waals surface area (Å²) >= 11 is 0. The molecule has 1 aliphatic rings. The van der Waals surface area contributed by atoms with Gasteiger partial charge in [0.25, 0.3) is 5.92 Å². The number of pyridine rings is 1. The largest absolute Gasteiger partial charge is 0.399 e. The SMILES string of the molecule is Nc1ccnc(C2=CCC(F)(F)CC2)c1. The summed E-state index contributed by atoms with van der Waals surface area (Å²) in [5.41, 5.74) is 7.79. The smallest absolute Gasteiger partial charge is 0.251 e. The summed E-state index contributed by atoms with van der Waals surface area (Å²) in [6.07, 6.45) is 3.22. The lowest BCUT2D eigenvalue weighted by molar-refractivity contribution is -0.00605. The second kappa shape index (κ2) is 3.61. The molecule has 0 unspecified atom stereocenters. The fraction of sp³-hybridized carbons (Fsp3) is 0.364. The number of nitrogens with two attached hydrogens (primary N) is 1. The van der Waals surface area contributed by atoms with Crippen molar-refractivity contribution in [1.82, 2.24) is 4.98 Å². The normalized spacial score (nSPS) is 19.7. The number of aromatic nitrogens is 1. The van der Waals surface area contributed by atoms with E-state index in [0.717, 1.165) is 5.57 Å². The number of halogens is 2. The summed E-state index contributed by atoms with van der Waals surface area (Å²) in [4.78, 5) is 4.12. The van der Waals surface area contributed by atoms with Crippen molar-refractivity contribution < 1.29 is 8.78 Å². The van der Waals surface area contributed by atoms with Gasteiger partial charge in [0.2, 0.25) is 0 Å². The molecule has 2 N–H and O–H groups in total. The summed E-state index contributed by atoms with van der Waals surface area (Å²) < 4.78 is 25.8. The number of nitrogen functional groups attached to an aromatic ring is 1. The van der Waals surface area contributed by atoms with Crippen LogP contribution in [0, 0.1) is 0 Å². The van der Waals surface area contributed by atoms with Crippen LogP contribution in [-0.4, -0.2) is 10.9 Å². The van der Waals surface area contributed by atoms with Gasteiger partial charge in [-0.2, -0.15) is 0 Å². The maximum atomic E-state index is 12.9. The molecule has 0 atom stereocenters. The molecule has 0 bridgehead atoms. The first-order chi connectivity index (χ1) is 7.07. The Morgan fingerprint density at radius 1 is 1.40 bits per heavy atom. The lowest BCUT2D eigenvalue weighted by Crippen LogP contribution is -2.18. The number of anilines is 1. The molecule has 0 aromatic carbocycles. The van der Waals surface area contributed by atoms with Crippen molar-refractivity contribution in [3.05, 3.63) is 30.1 Å². The van der Waals surface area contributed by atoms with Crippen molar-refractivity contribution in [1.29, 1.82) is 0 Å². The van der Waals surface area contributed by atoms with Gasteiger partial charge in [0.15, 0.2) is 0 Å². The van der Waals surface area contributed by atoms with Gasteiger partial charge in [-0.05, 0) is 24.1 Å². The van der Waals surface area contributed by atoms with E-state index in [9.17, 15) is 8.78 Å². The Morgan fingerprint density at radius 2 is 2.20 bits per heavy atom. The van der Waals surface area contributed by atoms with Crippen molar-refractivity contribution in [2.24, 2.45) is 0 Å². The monoisotopic (exact) mass is 210 g/mol. The second-order valence-electron chi connectivity index (χ2n) is 3.76. The van der Waals surface area contributed by atoms with Crippen LogP contribution in [0.3, 0.4) is 0 Å². The molecule has 2 nitrogen and oxygen atoms in total. The quantitative estimate of drug-likeness (QED) is 0.774. The zero-order valence-corrected chi connectivity index (χ0v) is 8.21. The Labute approximate surface area is 86.8 Å². The van der Waals surface area contributed by atoms with Gasteiger partial charge in [0.1, 0.15) is 0 Å². The van der Waals surface area contributed by atoms with Crippen LogP contribution in [0.2, 0.25) is 0 Å². The lowest BCUT2D eigenvalue weighted by atomic mass is 9.94. The van der Waals surface area contributed by atoms with E-state index in [1.807, 2.05) is 0 Å². The minimum atomic E-state index is -2.55. The molecule has 0 saturated heterocycles. The van der Waals surface area contributed by atoms with Gasteiger partial charge in [-0.25, -0.2) is 8.78 Å². The van der Waals surface area contributed by atoms with Gasteiger partial charge in [-0.3, -0.25) is 4.98 Å². The molecule has 0 fully saturated rings. The van der Waals surface area contributed by atoms with E-state index in [4.69, 9.17) is 5.73 Å². The Bertz CT molecular complexity index is 399. The third-order valence-electron chi connectivity index (χ3n) is 2.52.